The van der Waals surface area contributed by atoms with Crippen LogP contribution in [0.2, 0.25) is 0 Å². The first-order valence-electron chi connectivity index (χ1n) is 6.70. The van der Waals surface area contributed by atoms with Crippen LogP contribution in [-0.2, 0) is 16.4 Å². The van der Waals surface area contributed by atoms with Gasteiger partial charge in [0.2, 0.25) is 0 Å². The molecule has 2 aromatic rings. The van der Waals surface area contributed by atoms with Crippen LogP contribution in [0.4, 0.5) is 20.2 Å². The number of halogens is 2. The van der Waals surface area contributed by atoms with Gasteiger partial charge in [-0.1, -0.05) is 25.5 Å². The van der Waals surface area contributed by atoms with Crippen molar-refractivity contribution < 1.29 is 17.2 Å². The third kappa shape index (κ3) is 3.36. The van der Waals surface area contributed by atoms with Gasteiger partial charge in [0, 0.05) is 0 Å². The van der Waals surface area contributed by atoms with Crippen LogP contribution in [0.15, 0.2) is 41.3 Å². The lowest BCUT2D eigenvalue weighted by Crippen LogP contribution is -2.15. The Kier molecular flexibility index (Phi) is 4.65. The second-order valence-corrected chi connectivity index (χ2v) is 6.50. The Morgan fingerprint density at radius 2 is 1.73 bits per heavy atom. The summed E-state index contributed by atoms with van der Waals surface area (Å²) in [5.74, 6) is -2.07. The van der Waals surface area contributed by atoms with E-state index in [0.29, 0.717) is 0 Å². The first kappa shape index (κ1) is 16.2. The lowest BCUT2D eigenvalue weighted by atomic mass is 10.1. The van der Waals surface area contributed by atoms with E-state index in [9.17, 15) is 17.2 Å². The minimum atomic E-state index is -3.97. The van der Waals surface area contributed by atoms with Crippen molar-refractivity contribution >= 4 is 21.4 Å². The summed E-state index contributed by atoms with van der Waals surface area (Å²) in [4.78, 5) is -0.00495. The molecule has 118 valence electrons. The van der Waals surface area contributed by atoms with Gasteiger partial charge in [-0.15, -0.1) is 0 Å². The highest BCUT2D eigenvalue weighted by atomic mass is 32.2. The highest BCUT2D eigenvalue weighted by Gasteiger charge is 2.18. The summed E-state index contributed by atoms with van der Waals surface area (Å²) in [6.07, 6.45) is 1.79. The average molecular weight is 326 g/mol. The lowest BCUT2D eigenvalue weighted by Gasteiger charge is -2.11. The predicted molar refractivity (Wildman–Crippen MR) is 82.0 cm³/mol. The van der Waals surface area contributed by atoms with Crippen molar-refractivity contribution in [1.82, 2.24) is 0 Å². The number of sulfonamides is 1. The fourth-order valence-electron chi connectivity index (χ4n) is 1.98. The standard InChI is InChI=1S/C15H16F2N2O2S/c1-2-3-10-4-6-11(7-5-10)22(20,21)19-13-9-8-12(16)15(18)14(13)17/h4-9,19H,2-3,18H2,1H3. The zero-order valence-corrected chi connectivity index (χ0v) is 12.8. The van der Waals surface area contributed by atoms with Crippen molar-refractivity contribution in [2.45, 2.75) is 24.7 Å². The number of benzene rings is 2. The second-order valence-electron chi connectivity index (χ2n) is 4.82. The molecule has 2 aromatic carbocycles. The van der Waals surface area contributed by atoms with Gasteiger partial charge in [-0.25, -0.2) is 17.2 Å². The number of hydrogen-bond donors (Lipinski definition) is 2. The summed E-state index contributed by atoms with van der Waals surface area (Å²) in [7, 11) is -3.97. The lowest BCUT2D eigenvalue weighted by molar-refractivity contribution is 0.589. The molecule has 0 spiro atoms. The zero-order chi connectivity index (χ0) is 16.3. The van der Waals surface area contributed by atoms with E-state index in [1.165, 1.54) is 12.1 Å². The maximum Gasteiger partial charge on any atom is 0.261 e. The van der Waals surface area contributed by atoms with Gasteiger partial charge in [0.1, 0.15) is 11.5 Å². The fraction of sp³-hybridized carbons (Fsp3) is 0.200. The number of nitrogen functional groups attached to an aromatic ring is 1. The molecule has 7 heteroatoms. The van der Waals surface area contributed by atoms with Crippen LogP contribution in [0.5, 0.6) is 0 Å². The number of nitrogens with one attached hydrogen (secondary N) is 1. The molecule has 3 N–H and O–H groups in total. The summed E-state index contributed by atoms with van der Waals surface area (Å²) in [6, 6.07) is 8.18. The van der Waals surface area contributed by atoms with E-state index in [1.807, 2.05) is 6.92 Å². The Bertz CT molecular complexity index is 775. The van der Waals surface area contributed by atoms with E-state index in [0.717, 1.165) is 30.5 Å². The molecule has 0 saturated carbocycles. The monoisotopic (exact) mass is 326 g/mol. The molecule has 0 heterocycles. The number of rotatable bonds is 5. The highest BCUT2D eigenvalue weighted by molar-refractivity contribution is 7.92. The van der Waals surface area contributed by atoms with Crippen LogP contribution in [0.25, 0.3) is 0 Å². The zero-order valence-electron chi connectivity index (χ0n) is 11.9. The van der Waals surface area contributed by atoms with Gasteiger partial charge in [-0.3, -0.25) is 4.72 Å². The largest absolute Gasteiger partial charge is 0.394 e. The Hall–Kier alpha value is -2.15. The van der Waals surface area contributed by atoms with Gasteiger partial charge in [0.05, 0.1) is 10.6 Å². The molecule has 0 unspecified atom stereocenters. The van der Waals surface area contributed by atoms with E-state index in [1.54, 1.807) is 12.1 Å². The van der Waals surface area contributed by atoms with Crippen molar-refractivity contribution in [3.63, 3.8) is 0 Å². The quantitative estimate of drug-likeness (QED) is 0.828. The maximum absolute atomic E-state index is 13.8. The Balaban J connectivity index is 2.30. The molecule has 0 radical (unpaired) electrons. The molecule has 0 saturated heterocycles. The van der Waals surface area contributed by atoms with E-state index in [4.69, 9.17) is 5.73 Å². The van der Waals surface area contributed by atoms with Crippen molar-refractivity contribution in [1.29, 1.82) is 0 Å². The smallest absolute Gasteiger partial charge is 0.261 e. The first-order valence-corrected chi connectivity index (χ1v) is 8.18. The normalized spacial score (nSPS) is 11.4. The van der Waals surface area contributed by atoms with Crippen molar-refractivity contribution in [3.8, 4) is 0 Å². The van der Waals surface area contributed by atoms with Crippen LogP contribution in [0.1, 0.15) is 18.9 Å². The molecule has 4 nitrogen and oxygen atoms in total. The first-order chi connectivity index (χ1) is 10.3. The number of nitrogens with two attached hydrogens (primary N) is 1. The van der Waals surface area contributed by atoms with Gasteiger partial charge < -0.3 is 5.73 Å². The number of aryl methyl sites for hydroxylation is 1. The minimum Gasteiger partial charge on any atom is -0.394 e. The van der Waals surface area contributed by atoms with Crippen molar-refractivity contribution in [3.05, 3.63) is 53.6 Å². The topological polar surface area (TPSA) is 72.2 Å². The molecule has 0 bridgehead atoms. The van der Waals surface area contributed by atoms with Crippen LogP contribution >= 0.6 is 0 Å². The SMILES string of the molecule is CCCc1ccc(S(=O)(=O)Nc2ccc(F)c(N)c2F)cc1. The number of hydrogen-bond acceptors (Lipinski definition) is 3. The fourth-order valence-corrected chi connectivity index (χ4v) is 3.04. The molecule has 0 fully saturated rings. The summed E-state index contributed by atoms with van der Waals surface area (Å²) in [5.41, 5.74) is 5.11. The van der Waals surface area contributed by atoms with Gasteiger partial charge in [0.15, 0.2) is 5.82 Å². The molecule has 0 aliphatic carbocycles. The molecule has 22 heavy (non-hydrogen) atoms. The van der Waals surface area contributed by atoms with Gasteiger partial charge in [0.25, 0.3) is 10.0 Å². The van der Waals surface area contributed by atoms with E-state index >= 15 is 0 Å². The van der Waals surface area contributed by atoms with Crippen molar-refractivity contribution in [2.24, 2.45) is 0 Å². The van der Waals surface area contributed by atoms with E-state index in [2.05, 4.69) is 4.72 Å². The van der Waals surface area contributed by atoms with Crippen LogP contribution in [0.3, 0.4) is 0 Å². The Morgan fingerprint density at radius 1 is 1.09 bits per heavy atom. The van der Waals surface area contributed by atoms with E-state index < -0.39 is 33.0 Å². The van der Waals surface area contributed by atoms with Gasteiger partial charge in [-0.05, 0) is 36.2 Å². The third-order valence-electron chi connectivity index (χ3n) is 3.14. The molecular weight excluding hydrogens is 310 g/mol. The number of anilines is 2. The molecule has 0 aliphatic rings. The molecule has 0 amide bonds. The second kappa shape index (κ2) is 6.31. The molecular formula is C15H16F2N2O2S. The summed E-state index contributed by atoms with van der Waals surface area (Å²) >= 11 is 0. The molecule has 0 aliphatic heterocycles. The summed E-state index contributed by atoms with van der Waals surface area (Å²) in [6.45, 7) is 2.02. The average Bonchev–Trinajstić information content (AvgIpc) is 2.49. The highest BCUT2D eigenvalue weighted by Crippen LogP contribution is 2.25. The third-order valence-corrected chi connectivity index (χ3v) is 4.52. The summed E-state index contributed by atoms with van der Waals surface area (Å²) in [5, 5.41) is 0. The summed E-state index contributed by atoms with van der Waals surface area (Å²) < 4.78 is 53.4. The Morgan fingerprint density at radius 3 is 2.32 bits per heavy atom. The Labute approximate surface area is 128 Å². The van der Waals surface area contributed by atoms with Gasteiger partial charge in [-0.2, -0.15) is 0 Å². The molecule has 0 aromatic heterocycles. The van der Waals surface area contributed by atoms with Crippen LogP contribution in [-0.4, -0.2) is 8.42 Å². The van der Waals surface area contributed by atoms with E-state index in [-0.39, 0.29) is 4.90 Å². The van der Waals surface area contributed by atoms with Gasteiger partial charge >= 0.3 is 0 Å². The predicted octanol–water partition coefficient (Wildman–Crippen LogP) is 3.30. The maximum atomic E-state index is 13.8. The van der Waals surface area contributed by atoms with Crippen LogP contribution in [0, 0.1) is 11.6 Å². The van der Waals surface area contributed by atoms with Crippen LogP contribution < -0.4 is 10.5 Å². The molecule has 0 atom stereocenters. The van der Waals surface area contributed by atoms with Crippen molar-refractivity contribution in [2.75, 3.05) is 10.5 Å². The minimum absolute atomic E-state index is 0.00495. The molecule has 2 rings (SSSR count).